The fourth-order valence-electron chi connectivity index (χ4n) is 2.56. The standard InChI is InChI=1S/C13H19N3O/c1-7(2)11-8(3)12(16-13(14)17)9-5-4-6-10(9)15-11/h7H,4-6H2,1-3H3,(H3,14,15,16,17). The van der Waals surface area contributed by atoms with Crippen molar-refractivity contribution < 1.29 is 4.79 Å². The largest absolute Gasteiger partial charge is 0.351 e. The van der Waals surface area contributed by atoms with Gasteiger partial charge in [-0.2, -0.15) is 0 Å². The molecule has 0 spiro atoms. The Morgan fingerprint density at radius 2 is 2.12 bits per heavy atom. The van der Waals surface area contributed by atoms with Crippen molar-refractivity contribution in [1.82, 2.24) is 4.98 Å². The van der Waals surface area contributed by atoms with Crippen molar-refractivity contribution in [2.24, 2.45) is 5.73 Å². The first-order chi connectivity index (χ1) is 8.00. The Kier molecular flexibility index (Phi) is 3.05. The molecule has 0 bridgehead atoms. The molecule has 0 aromatic carbocycles. The maximum Gasteiger partial charge on any atom is 0.316 e. The summed E-state index contributed by atoms with van der Waals surface area (Å²) in [7, 11) is 0. The highest BCUT2D eigenvalue weighted by atomic mass is 16.2. The van der Waals surface area contributed by atoms with Crippen molar-refractivity contribution in [2.75, 3.05) is 5.32 Å². The smallest absolute Gasteiger partial charge is 0.316 e. The molecular formula is C13H19N3O. The molecule has 0 aliphatic heterocycles. The van der Waals surface area contributed by atoms with Crippen LogP contribution in [0.3, 0.4) is 0 Å². The molecule has 0 saturated heterocycles. The normalized spacial score (nSPS) is 13.9. The molecule has 1 aromatic rings. The summed E-state index contributed by atoms with van der Waals surface area (Å²) in [6, 6.07) is -0.497. The molecule has 0 radical (unpaired) electrons. The van der Waals surface area contributed by atoms with Crippen molar-refractivity contribution in [3.63, 3.8) is 0 Å². The summed E-state index contributed by atoms with van der Waals surface area (Å²) in [5.74, 6) is 0.356. The maximum absolute atomic E-state index is 11.1. The van der Waals surface area contributed by atoms with E-state index >= 15 is 0 Å². The number of nitrogens with one attached hydrogen (secondary N) is 1. The topological polar surface area (TPSA) is 68.0 Å². The molecule has 92 valence electrons. The van der Waals surface area contributed by atoms with Gasteiger partial charge in [-0.15, -0.1) is 0 Å². The van der Waals surface area contributed by atoms with Crippen LogP contribution in [0.5, 0.6) is 0 Å². The molecule has 0 unspecified atom stereocenters. The number of carbonyl (C=O) groups excluding carboxylic acids is 1. The Labute approximate surface area is 102 Å². The summed E-state index contributed by atoms with van der Waals surface area (Å²) in [6.45, 7) is 6.24. The van der Waals surface area contributed by atoms with Gasteiger partial charge in [0.2, 0.25) is 0 Å². The average Bonchev–Trinajstić information content (AvgIpc) is 2.68. The highest BCUT2D eigenvalue weighted by molar-refractivity contribution is 5.90. The Balaban J connectivity index is 2.57. The fourth-order valence-corrected chi connectivity index (χ4v) is 2.56. The molecule has 0 atom stereocenters. The molecule has 1 aliphatic carbocycles. The van der Waals surface area contributed by atoms with Crippen LogP contribution in [0.15, 0.2) is 0 Å². The van der Waals surface area contributed by atoms with Crippen LogP contribution in [0.25, 0.3) is 0 Å². The van der Waals surface area contributed by atoms with E-state index in [4.69, 9.17) is 10.7 Å². The van der Waals surface area contributed by atoms with Gasteiger partial charge in [0.15, 0.2) is 0 Å². The Bertz CT molecular complexity index is 466. The van der Waals surface area contributed by atoms with Crippen LogP contribution in [0, 0.1) is 6.92 Å². The van der Waals surface area contributed by atoms with Gasteiger partial charge >= 0.3 is 6.03 Å². The van der Waals surface area contributed by atoms with Crippen molar-refractivity contribution >= 4 is 11.7 Å². The summed E-state index contributed by atoms with van der Waals surface area (Å²) in [5.41, 5.74) is 10.6. The molecule has 4 heteroatoms. The number of amides is 2. The second kappa shape index (κ2) is 4.35. The van der Waals surface area contributed by atoms with Crippen LogP contribution >= 0.6 is 0 Å². The molecule has 0 saturated carbocycles. The van der Waals surface area contributed by atoms with Gasteiger partial charge < -0.3 is 11.1 Å². The summed E-state index contributed by atoms with van der Waals surface area (Å²) in [4.78, 5) is 15.8. The maximum atomic E-state index is 11.1. The first kappa shape index (κ1) is 11.9. The molecule has 0 fully saturated rings. The van der Waals surface area contributed by atoms with E-state index in [1.807, 2.05) is 6.92 Å². The molecule has 2 rings (SSSR count). The number of carbonyl (C=O) groups is 1. The third-order valence-corrected chi connectivity index (χ3v) is 3.30. The van der Waals surface area contributed by atoms with Crippen molar-refractivity contribution in [3.05, 3.63) is 22.5 Å². The number of hydrogen-bond acceptors (Lipinski definition) is 2. The molecular weight excluding hydrogens is 214 g/mol. The third-order valence-electron chi connectivity index (χ3n) is 3.30. The van der Waals surface area contributed by atoms with Crippen LogP contribution in [0.4, 0.5) is 10.5 Å². The van der Waals surface area contributed by atoms with Gasteiger partial charge in [0.1, 0.15) is 0 Å². The number of primary amides is 1. The number of aryl methyl sites for hydroxylation is 1. The zero-order valence-corrected chi connectivity index (χ0v) is 10.6. The van der Waals surface area contributed by atoms with Crippen molar-refractivity contribution in [1.29, 1.82) is 0 Å². The van der Waals surface area contributed by atoms with Gasteiger partial charge in [-0.05, 0) is 43.2 Å². The van der Waals surface area contributed by atoms with E-state index in [9.17, 15) is 4.79 Å². The Morgan fingerprint density at radius 1 is 1.41 bits per heavy atom. The predicted molar refractivity (Wildman–Crippen MR) is 68.3 cm³/mol. The number of anilines is 1. The Morgan fingerprint density at radius 3 is 2.71 bits per heavy atom. The van der Waals surface area contributed by atoms with Gasteiger partial charge in [0.25, 0.3) is 0 Å². The lowest BCUT2D eigenvalue weighted by Crippen LogP contribution is -2.22. The van der Waals surface area contributed by atoms with Gasteiger partial charge in [0.05, 0.1) is 5.69 Å². The lowest BCUT2D eigenvalue weighted by molar-refractivity contribution is 0.259. The minimum atomic E-state index is -0.497. The minimum Gasteiger partial charge on any atom is -0.351 e. The third kappa shape index (κ3) is 2.12. The summed E-state index contributed by atoms with van der Waals surface area (Å²) < 4.78 is 0. The van der Waals surface area contributed by atoms with Gasteiger partial charge in [-0.25, -0.2) is 4.79 Å². The molecule has 2 amide bonds. The summed E-state index contributed by atoms with van der Waals surface area (Å²) in [6.07, 6.45) is 3.09. The van der Waals surface area contributed by atoms with Crippen LogP contribution in [0.1, 0.15) is 48.7 Å². The molecule has 1 aromatic heterocycles. The van der Waals surface area contributed by atoms with Crippen molar-refractivity contribution in [3.8, 4) is 0 Å². The number of fused-ring (bicyclic) bond motifs is 1. The zero-order chi connectivity index (χ0) is 12.6. The van der Waals surface area contributed by atoms with Gasteiger partial charge in [-0.1, -0.05) is 13.8 Å². The SMILES string of the molecule is Cc1c(C(C)C)nc2c(c1NC(N)=O)CCC2. The van der Waals surface area contributed by atoms with Gasteiger partial charge in [0, 0.05) is 11.4 Å². The summed E-state index contributed by atoms with van der Waals surface area (Å²) in [5, 5.41) is 2.77. The van der Waals surface area contributed by atoms with Crippen LogP contribution in [-0.2, 0) is 12.8 Å². The van der Waals surface area contributed by atoms with E-state index in [2.05, 4.69) is 19.2 Å². The first-order valence-corrected chi connectivity index (χ1v) is 6.09. The molecule has 17 heavy (non-hydrogen) atoms. The lowest BCUT2D eigenvalue weighted by atomic mass is 9.99. The van der Waals surface area contributed by atoms with E-state index in [0.717, 1.165) is 41.9 Å². The number of aromatic nitrogens is 1. The summed E-state index contributed by atoms with van der Waals surface area (Å²) >= 11 is 0. The highest BCUT2D eigenvalue weighted by Crippen LogP contribution is 2.34. The van der Waals surface area contributed by atoms with E-state index in [0.29, 0.717) is 5.92 Å². The van der Waals surface area contributed by atoms with E-state index in [1.54, 1.807) is 0 Å². The van der Waals surface area contributed by atoms with E-state index in [-0.39, 0.29) is 0 Å². The number of pyridine rings is 1. The monoisotopic (exact) mass is 233 g/mol. The highest BCUT2D eigenvalue weighted by Gasteiger charge is 2.22. The second-order valence-corrected chi connectivity index (χ2v) is 4.92. The van der Waals surface area contributed by atoms with Crippen molar-refractivity contribution in [2.45, 2.75) is 46.0 Å². The van der Waals surface area contributed by atoms with Crippen LogP contribution < -0.4 is 11.1 Å². The average molecular weight is 233 g/mol. The molecule has 3 N–H and O–H groups in total. The number of nitrogens with two attached hydrogens (primary N) is 1. The number of urea groups is 1. The Hall–Kier alpha value is -1.58. The second-order valence-electron chi connectivity index (χ2n) is 4.92. The number of nitrogens with zero attached hydrogens (tertiary/aromatic N) is 1. The number of hydrogen-bond donors (Lipinski definition) is 2. The fraction of sp³-hybridized carbons (Fsp3) is 0.538. The first-order valence-electron chi connectivity index (χ1n) is 6.09. The van der Waals surface area contributed by atoms with E-state index in [1.165, 1.54) is 5.56 Å². The quantitative estimate of drug-likeness (QED) is 0.824. The molecule has 1 heterocycles. The van der Waals surface area contributed by atoms with E-state index < -0.39 is 6.03 Å². The number of rotatable bonds is 2. The molecule has 1 aliphatic rings. The van der Waals surface area contributed by atoms with Crippen LogP contribution in [0.2, 0.25) is 0 Å². The zero-order valence-electron chi connectivity index (χ0n) is 10.6. The van der Waals surface area contributed by atoms with Crippen LogP contribution in [-0.4, -0.2) is 11.0 Å². The predicted octanol–water partition coefficient (Wildman–Crippen LogP) is 2.49. The van der Waals surface area contributed by atoms with Gasteiger partial charge in [-0.3, -0.25) is 4.98 Å². The molecule has 4 nitrogen and oxygen atoms in total. The lowest BCUT2D eigenvalue weighted by Gasteiger charge is -2.17. The minimum absolute atomic E-state index is 0.356.